The van der Waals surface area contributed by atoms with Crippen LogP contribution in [-0.2, 0) is 16.6 Å². The second-order valence-corrected chi connectivity index (χ2v) is 7.33. The highest BCUT2D eigenvalue weighted by molar-refractivity contribution is 7.93. The normalized spacial score (nSPS) is 13.3. The van der Waals surface area contributed by atoms with E-state index >= 15 is 0 Å². The van der Waals surface area contributed by atoms with Gasteiger partial charge in [-0.15, -0.1) is 0 Å². The molecule has 0 spiro atoms. The van der Waals surface area contributed by atoms with Gasteiger partial charge in [0.05, 0.1) is 11.4 Å². The van der Waals surface area contributed by atoms with E-state index in [1.165, 1.54) is 44.4 Å². The van der Waals surface area contributed by atoms with Crippen LogP contribution in [0.3, 0.4) is 0 Å². The predicted molar refractivity (Wildman–Crippen MR) is 81.6 cm³/mol. The summed E-state index contributed by atoms with van der Waals surface area (Å²) in [4.78, 5) is 3.74. The molecule has 2 rings (SSSR count). The number of allylic oxidation sites excluding steroid dienone is 2. The molecule has 1 aromatic heterocycles. The highest BCUT2D eigenvalue weighted by Gasteiger charge is 2.23. The summed E-state index contributed by atoms with van der Waals surface area (Å²) in [5.74, 6) is -1.58. The van der Waals surface area contributed by atoms with E-state index in [1.54, 1.807) is 0 Å². The van der Waals surface area contributed by atoms with Crippen molar-refractivity contribution in [2.45, 2.75) is 13.5 Å². The van der Waals surface area contributed by atoms with E-state index in [2.05, 4.69) is 10.1 Å². The van der Waals surface area contributed by atoms with Crippen LogP contribution >= 0.6 is 0 Å². The summed E-state index contributed by atoms with van der Waals surface area (Å²) in [6.45, 7) is 1.37. The van der Waals surface area contributed by atoms with Crippen molar-refractivity contribution < 1.29 is 17.2 Å². The van der Waals surface area contributed by atoms with Crippen LogP contribution in [0.25, 0.3) is 5.57 Å². The average molecular weight is 342 g/mol. The predicted octanol–water partition coefficient (Wildman–Crippen LogP) is 1.88. The number of rotatable bonds is 5. The molecule has 0 radical (unpaired) electrons. The quantitative estimate of drug-likeness (QED) is 0.832. The standard InChI is InChI=1S/C14H16F2N4O2S/c1-10(23(21,22)19(2)3)13(7-20-9-17-8-18-20)12-5-4-11(15)6-14(12)16/h4-6,8-9H,7H2,1-3H3/b13-10+. The van der Waals surface area contributed by atoms with Gasteiger partial charge in [0.15, 0.2) is 0 Å². The smallest absolute Gasteiger partial charge is 0.238 e. The van der Waals surface area contributed by atoms with Crippen molar-refractivity contribution in [2.75, 3.05) is 14.1 Å². The molecular formula is C14H16F2N4O2S. The van der Waals surface area contributed by atoms with Crippen molar-refractivity contribution in [3.8, 4) is 0 Å². The summed E-state index contributed by atoms with van der Waals surface area (Å²) in [5.41, 5.74) is 0.187. The zero-order valence-corrected chi connectivity index (χ0v) is 13.7. The van der Waals surface area contributed by atoms with Crippen molar-refractivity contribution in [1.29, 1.82) is 0 Å². The Morgan fingerprint density at radius 1 is 1.30 bits per heavy atom. The van der Waals surface area contributed by atoms with E-state index in [0.717, 1.165) is 10.4 Å². The fourth-order valence-electron chi connectivity index (χ4n) is 2.03. The zero-order valence-electron chi connectivity index (χ0n) is 12.9. The fourth-order valence-corrected chi connectivity index (χ4v) is 3.06. The molecule has 9 heteroatoms. The number of halogens is 2. The summed E-state index contributed by atoms with van der Waals surface area (Å²) >= 11 is 0. The number of benzene rings is 1. The molecular weight excluding hydrogens is 326 g/mol. The summed E-state index contributed by atoms with van der Waals surface area (Å²) in [6, 6.07) is 3.01. The van der Waals surface area contributed by atoms with Gasteiger partial charge in [-0.1, -0.05) is 0 Å². The topological polar surface area (TPSA) is 68.1 Å². The first-order chi connectivity index (χ1) is 10.7. The molecule has 0 saturated carbocycles. The van der Waals surface area contributed by atoms with E-state index in [-0.39, 0.29) is 22.6 Å². The van der Waals surface area contributed by atoms with Crippen LogP contribution in [-0.4, -0.2) is 41.6 Å². The summed E-state index contributed by atoms with van der Waals surface area (Å²) in [7, 11) is -1.000. The van der Waals surface area contributed by atoms with Crippen LogP contribution < -0.4 is 0 Å². The van der Waals surface area contributed by atoms with E-state index in [1.807, 2.05) is 0 Å². The van der Waals surface area contributed by atoms with Crippen LogP contribution in [0.15, 0.2) is 35.8 Å². The lowest BCUT2D eigenvalue weighted by Gasteiger charge is -2.17. The molecule has 0 N–H and O–H groups in total. The van der Waals surface area contributed by atoms with Crippen LogP contribution in [0.5, 0.6) is 0 Å². The Hall–Kier alpha value is -2.13. The molecule has 124 valence electrons. The lowest BCUT2D eigenvalue weighted by molar-refractivity contribution is 0.527. The molecule has 0 unspecified atom stereocenters. The molecule has 23 heavy (non-hydrogen) atoms. The Balaban J connectivity index is 2.65. The Labute approximate surface area is 133 Å². The van der Waals surface area contributed by atoms with Gasteiger partial charge in [0.25, 0.3) is 0 Å². The Kier molecular flexibility index (Phi) is 4.90. The summed E-state index contributed by atoms with van der Waals surface area (Å²) in [6.07, 6.45) is 2.67. The van der Waals surface area contributed by atoms with Gasteiger partial charge in [0, 0.05) is 25.7 Å². The minimum Gasteiger partial charge on any atom is -0.248 e. The highest BCUT2D eigenvalue weighted by atomic mass is 32.2. The second-order valence-electron chi connectivity index (χ2n) is 5.04. The molecule has 0 aliphatic rings. The van der Waals surface area contributed by atoms with Crippen LogP contribution in [0.2, 0.25) is 0 Å². The van der Waals surface area contributed by atoms with Gasteiger partial charge in [-0.2, -0.15) is 5.10 Å². The Morgan fingerprint density at radius 2 is 2.00 bits per heavy atom. The third kappa shape index (κ3) is 3.62. The third-order valence-electron chi connectivity index (χ3n) is 3.34. The van der Waals surface area contributed by atoms with Gasteiger partial charge in [-0.25, -0.2) is 31.2 Å². The van der Waals surface area contributed by atoms with E-state index < -0.39 is 21.7 Å². The Bertz CT molecular complexity index is 830. The molecule has 2 aromatic rings. The van der Waals surface area contributed by atoms with Gasteiger partial charge >= 0.3 is 0 Å². The van der Waals surface area contributed by atoms with Crippen LogP contribution in [0.4, 0.5) is 8.78 Å². The van der Waals surface area contributed by atoms with E-state index in [9.17, 15) is 17.2 Å². The molecule has 0 amide bonds. The molecule has 0 atom stereocenters. The van der Waals surface area contributed by atoms with Gasteiger partial charge in [0.2, 0.25) is 10.0 Å². The molecule has 0 bridgehead atoms. The molecule has 0 aliphatic heterocycles. The minimum atomic E-state index is -3.76. The minimum absolute atomic E-state index is 0.00447. The molecule has 1 heterocycles. The zero-order chi connectivity index (χ0) is 17.2. The van der Waals surface area contributed by atoms with Gasteiger partial charge < -0.3 is 0 Å². The first kappa shape index (κ1) is 17.2. The maximum Gasteiger partial charge on any atom is 0.238 e. The van der Waals surface area contributed by atoms with Gasteiger partial charge in [-0.05, 0) is 24.6 Å². The van der Waals surface area contributed by atoms with Crippen LogP contribution in [0, 0.1) is 11.6 Å². The lowest BCUT2D eigenvalue weighted by Crippen LogP contribution is -2.24. The molecule has 0 aliphatic carbocycles. The van der Waals surface area contributed by atoms with Crippen molar-refractivity contribution in [3.63, 3.8) is 0 Å². The van der Waals surface area contributed by atoms with Crippen molar-refractivity contribution in [1.82, 2.24) is 19.1 Å². The number of hydrogen-bond acceptors (Lipinski definition) is 4. The van der Waals surface area contributed by atoms with Crippen LogP contribution in [0.1, 0.15) is 12.5 Å². The monoisotopic (exact) mass is 342 g/mol. The van der Waals surface area contributed by atoms with E-state index in [0.29, 0.717) is 6.07 Å². The number of sulfonamides is 1. The highest BCUT2D eigenvalue weighted by Crippen LogP contribution is 2.27. The molecule has 1 aromatic carbocycles. The number of hydrogen-bond donors (Lipinski definition) is 0. The summed E-state index contributed by atoms with van der Waals surface area (Å²) < 4.78 is 54.4. The molecule has 0 fully saturated rings. The number of nitrogens with zero attached hydrogens (tertiary/aromatic N) is 4. The fraction of sp³-hybridized carbons (Fsp3) is 0.286. The maximum atomic E-state index is 14.2. The van der Waals surface area contributed by atoms with Crippen molar-refractivity contribution >= 4 is 15.6 Å². The summed E-state index contributed by atoms with van der Waals surface area (Å²) in [5, 5.41) is 3.90. The molecule has 0 saturated heterocycles. The SMILES string of the molecule is C/C(=C(/Cn1cncn1)c1ccc(F)cc1F)S(=O)(=O)N(C)C. The average Bonchev–Trinajstić information content (AvgIpc) is 2.97. The number of aromatic nitrogens is 3. The lowest BCUT2D eigenvalue weighted by atomic mass is 10.0. The Morgan fingerprint density at radius 3 is 2.52 bits per heavy atom. The maximum absolute atomic E-state index is 14.2. The first-order valence-electron chi connectivity index (χ1n) is 6.63. The van der Waals surface area contributed by atoms with Crippen molar-refractivity contribution in [2.24, 2.45) is 0 Å². The molecule has 6 nitrogen and oxygen atoms in total. The van der Waals surface area contributed by atoms with Gasteiger partial charge in [0.1, 0.15) is 24.3 Å². The van der Waals surface area contributed by atoms with E-state index in [4.69, 9.17) is 0 Å². The van der Waals surface area contributed by atoms with Gasteiger partial charge in [-0.3, -0.25) is 0 Å². The largest absolute Gasteiger partial charge is 0.248 e. The van der Waals surface area contributed by atoms with Crippen molar-refractivity contribution in [3.05, 3.63) is 53.0 Å². The third-order valence-corrected chi connectivity index (χ3v) is 5.32. The first-order valence-corrected chi connectivity index (χ1v) is 8.07. The second kappa shape index (κ2) is 6.55.